The average Bonchev–Trinajstić information content (AvgIpc) is 2.55. The lowest BCUT2D eigenvalue weighted by Crippen LogP contribution is -2.23. The molecule has 80 valence electrons. The molecule has 0 saturated carbocycles. The number of nitrogens with one attached hydrogen (secondary N) is 1. The first-order valence-electron chi connectivity index (χ1n) is 4.55. The molecule has 1 aromatic rings. The summed E-state index contributed by atoms with van der Waals surface area (Å²) >= 11 is 7.28. The number of amides is 1. The number of hydrogen-bond acceptors (Lipinski definition) is 3. The molecule has 0 atom stereocenters. The van der Waals surface area contributed by atoms with E-state index < -0.39 is 0 Å². The summed E-state index contributed by atoms with van der Waals surface area (Å²) in [6.07, 6.45) is 1.13. The van der Waals surface area contributed by atoms with E-state index in [1.807, 2.05) is 18.4 Å². The zero-order valence-corrected chi connectivity index (χ0v) is 9.91. The highest BCUT2D eigenvalue weighted by atomic mass is 35.5. The van der Waals surface area contributed by atoms with Crippen molar-refractivity contribution >= 4 is 28.8 Å². The Kier molecular flexibility index (Phi) is 4.60. The van der Waals surface area contributed by atoms with Crippen molar-refractivity contribution in [3.8, 4) is 6.07 Å². The van der Waals surface area contributed by atoms with E-state index >= 15 is 0 Å². The predicted octanol–water partition coefficient (Wildman–Crippen LogP) is 2.74. The van der Waals surface area contributed by atoms with Crippen molar-refractivity contribution in [3.05, 3.63) is 20.8 Å². The van der Waals surface area contributed by atoms with Crippen molar-refractivity contribution in [1.82, 2.24) is 5.32 Å². The van der Waals surface area contributed by atoms with Crippen molar-refractivity contribution in [1.29, 1.82) is 5.26 Å². The maximum atomic E-state index is 11.6. The number of halogens is 1. The summed E-state index contributed by atoms with van der Waals surface area (Å²) in [7, 11) is 0. The summed E-state index contributed by atoms with van der Waals surface area (Å²) in [4.78, 5) is 12.1. The zero-order valence-electron chi connectivity index (χ0n) is 8.34. The Labute approximate surface area is 97.7 Å². The zero-order chi connectivity index (χ0) is 11.3. The maximum Gasteiger partial charge on any atom is 0.262 e. The van der Waals surface area contributed by atoms with Crippen LogP contribution >= 0.6 is 22.9 Å². The summed E-state index contributed by atoms with van der Waals surface area (Å²) < 4.78 is 0. The second-order valence-electron chi connectivity index (χ2n) is 3.08. The lowest BCUT2D eigenvalue weighted by atomic mass is 10.3. The van der Waals surface area contributed by atoms with Crippen LogP contribution in [0.3, 0.4) is 0 Å². The van der Waals surface area contributed by atoms with E-state index in [1.165, 1.54) is 11.3 Å². The van der Waals surface area contributed by atoms with Crippen LogP contribution < -0.4 is 5.32 Å². The summed E-state index contributed by atoms with van der Waals surface area (Å²) in [6.45, 7) is 2.38. The topological polar surface area (TPSA) is 52.9 Å². The van der Waals surface area contributed by atoms with Gasteiger partial charge in [0, 0.05) is 13.0 Å². The lowest BCUT2D eigenvalue weighted by molar-refractivity contribution is 0.0957. The first-order chi connectivity index (χ1) is 7.16. The van der Waals surface area contributed by atoms with E-state index in [4.69, 9.17) is 16.9 Å². The molecule has 0 aliphatic carbocycles. The van der Waals surface area contributed by atoms with Gasteiger partial charge in [0.05, 0.1) is 11.1 Å². The molecule has 5 heteroatoms. The third kappa shape index (κ3) is 3.22. The molecule has 0 saturated heterocycles. The Hall–Kier alpha value is -1.05. The van der Waals surface area contributed by atoms with Crippen molar-refractivity contribution in [2.45, 2.75) is 19.8 Å². The van der Waals surface area contributed by atoms with E-state index in [9.17, 15) is 4.79 Å². The second kappa shape index (κ2) is 5.74. The highest BCUT2D eigenvalue weighted by Gasteiger charge is 2.13. The number of nitriles is 1. The van der Waals surface area contributed by atoms with Gasteiger partial charge >= 0.3 is 0 Å². The Morgan fingerprint density at radius 3 is 3.00 bits per heavy atom. The monoisotopic (exact) mass is 242 g/mol. The van der Waals surface area contributed by atoms with Crippen LogP contribution in [0.25, 0.3) is 0 Å². The van der Waals surface area contributed by atoms with Gasteiger partial charge in [0.1, 0.15) is 4.88 Å². The maximum absolute atomic E-state index is 11.6. The standard InChI is InChI=1S/C10H11ClN2OS/c1-7-6-15-9(8(7)11)10(14)13-5-3-2-4-12/h6H,2-3,5H2,1H3,(H,13,14). The van der Waals surface area contributed by atoms with E-state index in [1.54, 1.807) is 0 Å². The quantitative estimate of drug-likeness (QED) is 0.826. The highest BCUT2D eigenvalue weighted by molar-refractivity contribution is 7.13. The second-order valence-corrected chi connectivity index (χ2v) is 4.34. The molecule has 1 N–H and O–H groups in total. The minimum absolute atomic E-state index is 0.156. The molecule has 0 bridgehead atoms. The fourth-order valence-electron chi connectivity index (χ4n) is 1.03. The SMILES string of the molecule is Cc1csc(C(=O)NCCCC#N)c1Cl. The molecule has 0 unspecified atom stereocenters. The molecule has 0 fully saturated rings. The number of carbonyl (C=O) groups is 1. The normalized spacial score (nSPS) is 9.67. The van der Waals surface area contributed by atoms with Gasteiger partial charge in [0.25, 0.3) is 5.91 Å². The van der Waals surface area contributed by atoms with Crippen molar-refractivity contribution in [3.63, 3.8) is 0 Å². The minimum atomic E-state index is -0.156. The predicted molar refractivity (Wildman–Crippen MR) is 61.2 cm³/mol. The van der Waals surface area contributed by atoms with Crippen LogP contribution in [0.2, 0.25) is 5.02 Å². The van der Waals surface area contributed by atoms with Crippen LogP contribution in [0.5, 0.6) is 0 Å². The van der Waals surface area contributed by atoms with Gasteiger partial charge in [-0.05, 0) is 24.3 Å². The van der Waals surface area contributed by atoms with Gasteiger partial charge in [-0.25, -0.2) is 0 Å². The summed E-state index contributed by atoms with van der Waals surface area (Å²) in [5.41, 5.74) is 0.920. The number of hydrogen-bond donors (Lipinski definition) is 1. The third-order valence-electron chi connectivity index (χ3n) is 1.86. The van der Waals surface area contributed by atoms with Gasteiger partial charge in [-0.3, -0.25) is 4.79 Å². The van der Waals surface area contributed by atoms with Gasteiger partial charge in [-0.2, -0.15) is 5.26 Å². The van der Waals surface area contributed by atoms with Gasteiger partial charge in [0.2, 0.25) is 0 Å². The largest absolute Gasteiger partial charge is 0.351 e. The fourth-order valence-corrected chi connectivity index (χ4v) is 2.23. The van der Waals surface area contributed by atoms with Gasteiger partial charge < -0.3 is 5.32 Å². The molecule has 0 aliphatic rings. The molecule has 1 heterocycles. The van der Waals surface area contributed by atoms with E-state index in [-0.39, 0.29) is 5.91 Å². The van der Waals surface area contributed by atoms with Gasteiger partial charge in [0.15, 0.2) is 0 Å². The molecule has 0 aliphatic heterocycles. The lowest BCUT2D eigenvalue weighted by Gasteiger charge is -2.01. The van der Waals surface area contributed by atoms with Crippen molar-refractivity contribution in [2.24, 2.45) is 0 Å². The van der Waals surface area contributed by atoms with Crippen LogP contribution in [0.4, 0.5) is 0 Å². The van der Waals surface area contributed by atoms with Crippen LogP contribution in [0, 0.1) is 18.3 Å². The smallest absolute Gasteiger partial charge is 0.262 e. The molecule has 1 rings (SSSR count). The highest BCUT2D eigenvalue weighted by Crippen LogP contribution is 2.26. The Morgan fingerprint density at radius 2 is 2.47 bits per heavy atom. The molecule has 3 nitrogen and oxygen atoms in total. The first-order valence-corrected chi connectivity index (χ1v) is 5.81. The third-order valence-corrected chi connectivity index (χ3v) is 3.55. The molecule has 15 heavy (non-hydrogen) atoms. The van der Waals surface area contributed by atoms with Crippen LogP contribution in [0.15, 0.2) is 5.38 Å². The molecule has 0 spiro atoms. The number of nitrogens with zero attached hydrogens (tertiary/aromatic N) is 1. The Bertz CT molecular complexity index is 395. The number of carbonyl (C=O) groups excluding carboxylic acids is 1. The number of thiophene rings is 1. The summed E-state index contributed by atoms with van der Waals surface area (Å²) in [5, 5.41) is 13.4. The van der Waals surface area contributed by atoms with Crippen LogP contribution in [0.1, 0.15) is 28.1 Å². The minimum Gasteiger partial charge on any atom is -0.351 e. The summed E-state index contributed by atoms with van der Waals surface area (Å²) in [5.74, 6) is -0.156. The molecule has 1 aromatic heterocycles. The fraction of sp³-hybridized carbons (Fsp3) is 0.400. The Morgan fingerprint density at radius 1 is 1.73 bits per heavy atom. The molecule has 0 radical (unpaired) electrons. The molecule has 1 amide bonds. The first kappa shape index (κ1) is 12.0. The average molecular weight is 243 g/mol. The van der Waals surface area contributed by atoms with Crippen LogP contribution in [-0.2, 0) is 0 Å². The van der Waals surface area contributed by atoms with E-state index in [0.29, 0.717) is 29.3 Å². The van der Waals surface area contributed by atoms with Gasteiger partial charge in [-0.1, -0.05) is 11.6 Å². The number of aryl methyl sites for hydroxylation is 1. The van der Waals surface area contributed by atoms with Crippen molar-refractivity contribution in [2.75, 3.05) is 6.54 Å². The van der Waals surface area contributed by atoms with E-state index in [0.717, 1.165) is 5.56 Å². The van der Waals surface area contributed by atoms with Crippen molar-refractivity contribution < 1.29 is 4.79 Å². The Balaban J connectivity index is 2.48. The molecular weight excluding hydrogens is 232 g/mol. The molecular formula is C10H11ClN2OS. The molecule has 0 aromatic carbocycles. The number of unbranched alkanes of at least 4 members (excludes halogenated alkanes) is 1. The number of rotatable bonds is 4. The summed E-state index contributed by atoms with van der Waals surface area (Å²) in [6, 6.07) is 2.02. The van der Waals surface area contributed by atoms with Gasteiger partial charge in [-0.15, -0.1) is 11.3 Å². The van der Waals surface area contributed by atoms with E-state index in [2.05, 4.69) is 5.32 Å². The van der Waals surface area contributed by atoms with Crippen LogP contribution in [-0.4, -0.2) is 12.5 Å².